The molecule has 0 radical (unpaired) electrons. The van der Waals surface area contributed by atoms with Crippen LogP contribution in [-0.2, 0) is 22.0 Å². The molecule has 2 aliphatic rings. The van der Waals surface area contributed by atoms with Crippen molar-refractivity contribution in [1.29, 1.82) is 0 Å². The molecule has 5 atom stereocenters. The van der Waals surface area contributed by atoms with Crippen molar-refractivity contribution in [3.8, 4) is 0 Å². The number of nitrogens with zero attached hydrogens (tertiary/aromatic N) is 2. The van der Waals surface area contributed by atoms with Crippen molar-refractivity contribution in [2.75, 3.05) is 26.4 Å². The molecule has 176 valence electrons. The molecule has 0 N–H and O–H groups in total. The summed E-state index contributed by atoms with van der Waals surface area (Å²) in [5, 5.41) is 0. The van der Waals surface area contributed by atoms with Gasteiger partial charge in [0.25, 0.3) is 0 Å². The normalized spacial score (nSPS) is 25.0. The lowest BCUT2D eigenvalue weighted by Crippen LogP contribution is -2.51. The first-order chi connectivity index (χ1) is 14.6. The molecule has 3 rings (SSSR count). The summed E-state index contributed by atoms with van der Waals surface area (Å²) < 4.78 is 12.8. The Hall–Kier alpha value is -1.20. The summed E-state index contributed by atoms with van der Waals surface area (Å²) in [5.74, 6) is 1.99. The zero-order valence-corrected chi connectivity index (χ0v) is 21.6. The number of amides is 1. The van der Waals surface area contributed by atoms with E-state index in [0.717, 1.165) is 37.9 Å². The van der Waals surface area contributed by atoms with Gasteiger partial charge in [-0.25, -0.2) is 0 Å². The van der Waals surface area contributed by atoms with Crippen LogP contribution in [0.1, 0.15) is 65.9 Å². The average Bonchev–Trinajstić information content (AvgIpc) is 2.98. The Balaban J connectivity index is 0.00000166. The maximum Gasteiger partial charge on any atom is 0.237 e. The van der Waals surface area contributed by atoms with E-state index in [1.807, 2.05) is 32.8 Å². The lowest BCUT2D eigenvalue weighted by atomic mass is 9.79. The summed E-state index contributed by atoms with van der Waals surface area (Å²) in [6.45, 7) is 10.7. The van der Waals surface area contributed by atoms with Crippen LogP contribution in [0.15, 0.2) is 30.3 Å². The molecule has 2 fully saturated rings. The van der Waals surface area contributed by atoms with Gasteiger partial charge in [0.15, 0.2) is 0 Å². The summed E-state index contributed by atoms with van der Waals surface area (Å²) in [7, 11) is 3.07. The minimum atomic E-state index is -0.857. The summed E-state index contributed by atoms with van der Waals surface area (Å²) in [6.07, 6.45) is 5.36. The van der Waals surface area contributed by atoms with E-state index in [4.69, 9.17) is 0 Å². The molecule has 1 amide bonds. The van der Waals surface area contributed by atoms with E-state index in [-0.39, 0.29) is 10.7 Å². The molecule has 2 heterocycles. The smallest absolute Gasteiger partial charge is 0.237 e. The molecule has 2 saturated heterocycles. The van der Waals surface area contributed by atoms with Crippen LogP contribution in [0.3, 0.4) is 0 Å². The molecule has 0 saturated carbocycles. The van der Waals surface area contributed by atoms with Crippen LogP contribution in [0.25, 0.3) is 0 Å². The van der Waals surface area contributed by atoms with E-state index in [0.29, 0.717) is 30.5 Å². The second kappa shape index (κ2) is 11.6. The van der Waals surface area contributed by atoms with Gasteiger partial charge in [-0.1, -0.05) is 44.2 Å². The number of carbonyl (C=O) groups excluding carboxylic acids is 1. The number of rotatable bonds is 7. The molecule has 1 aromatic rings. The van der Waals surface area contributed by atoms with E-state index in [2.05, 4.69) is 56.0 Å². The Bertz CT molecular complexity index is 700. The number of carbonyl (C=O) groups is 1. The molecule has 5 heteroatoms. The molecule has 4 nitrogen and oxygen atoms in total. The Morgan fingerprint density at radius 3 is 2.13 bits per heavy atom. The maximum atomic E-state index is 13.0. The zero-order valence-electron chi connectivity index (χ0n) is 20.8. The van der Waals surface area contributed by atoms with E-state index >= 15 is 0 Å². The van der Waals surface area contributed by atoms with Crippen LogP contribution < -0.4 is 0 Å². The van der Waals surface area contributed by atoms with Crippen LogP contribution in [0, 0.1) is 11.8 Å². The second-order valence-electron chi connectivity index (χ2n) is 10.2. The van der Waals surface area contributed by atoms with Gasteiger partial charge in [0, 0.05) is 33.4 Å². The van der Waals surface area contributed by atoms with Gasteiger partial charge in [0.2, 0.25) is 5.91 Å². The lowest BCUT2D eigenvalue weighted by Gasteiger charge is -2.42. The SMILES string of the molecule is CC.CN(C)CC(=O)N1[C@@H]2CC[C@H]1CC([C@H](Cc1ccccc1)C[S@@](=O)C(C)(C)C)C2. The third kappa shape index (κ3) is 7.15. The van der Waals surface area contributed by atoms with Crippen molar-refractivity contribution in [1.82, 2.24) is 9.80 Å². The van der Waals surface area contributed by atoms with Crippen LogP contribution in [0.2, 0.25) is 0 Å². The maximum absolute atomic E-state index is 13.0. The number of benzene rings is 1. The lowest BCUT2D eigenvalue weighted by molar-refractivity contribution is -0.137. The molecule has 2 aliphatic heterocycles. The molecule has 0 aliphatic carbocycles. The molecule has 1 unspecified atom stereocenters. The highest BCUT2D eigenvalue weighted by molar-refractivity contribution is 7.86. The number of hydrogen-bond acceptors (Lipinski definition) is 3. The minimum Gasteiger partial charge on any atom is -0.336 e. The van der Waals surface area contributed by atoms with E-state index in [1.54, 1.807) is 0 Å². The molecule has 31 heavy (non-hydrogen) atoms. The molecule has 1 aromatic carbocycles. The summed E-state index contributed by atoms with van der Waals surface area (Å²) in [5.41, 5.74) is 1.34. The van der Waals surface area contributed by atoms with Gasteiger partial charge in [0.1, 0.15) is 0 Å². The predicted octanol–water partition coefficient (Wildman–Crippen LogP) is 4.75. The largest absolute Gasteiger partial charge is 0.336 e. The van der Waals surface area contributed by atoms with Crippen molar-refractivity contribution in [2.24, 2.45) is 11.8 Å². The van der Waals surface area contributed by atoms with Gasteiger partial charge in [-0.15, -0.1) is 0 Å². The molecule has 2 bridgehead atoms. The van der Waals surface area contributed by atoms with Crippen molar-refractivity contribution >= 4 is 16.7 Å². The highest BCUT2D eigenvalue weighted by atomic mass is 32.2. The Morgan fingerprint density at radius 1 is 1.10 bits per heavy atom. The molecular formula is C26H44N2O2S. The van der Waals surface area contributed by atoms with Crippen molar-refractivity contribution in [2.45, 2.75) is 83.6 Å². The average molecular weight is 449 g/mol. The Labute approximate surface area is 193 Å². The monoisotopic (exact) mass is 448 g/mol. The van der Waals surface area contributed by atoms with E-state index in [9.17, 15) is 9.00 Å². The highest BCUT2D eigenvalue weighted by Gasteiger charge is 2.45. The van der Waals surface area contributed by atoms with Crippen molar-refractivity contribution in [3.63, 3.8) is 0 Å². The first-order valence-corrected chi connectivity index (χ1v) is 13.4. The van der Waals surface area contributed by atoms with Gasteiger partial charge in [-0.3, -0.25) is 9.00 Å². The van der Waals surface area contributed by atoms with Crippen molar-refractivity contribution in [3.05, 3.63) is 35.9 Å². The van der Waals surface area contributed by atoms with E-state index < -0.39 is 10.8 Å². The molecule has 0 aromatic heterocycles. The fourth-order valence-electron chi connectivity index (χ4n) is 5.09. The van der Waals surface area contributed by atoms with Gasteiger partial charge >= 0.3 is 0 Å². The predicted molar refractivity (Wildman–Crippen MR) is 133 cm³/mol. The van der Waals surface area contributed by atoms with E-state index in [1.165, 1.54) is 5.56 Å². The molecular weight excluding hydrogens is 404 g/mol. The van der Waals surface area contributed by atoms with Gasteiger partial charge in [-0.2, -0.15) is 0 Å². The summed E-state index contributed by atoms with van der Waals surface area (Å²) >= 11 is 0. The minimum absolute atomic E-state index is 0.184. The highest BCUT2D eigenvalue weighted by Crippen LogP contribution is 2.43. The van der Waals surface area contributed by atoms with Crippen LogP contribution in [-0.4, -0.2) is 63.1 Å². The quantitative estimate of drug-likeness (QED) is 0.604. The third-order valence-electron chi connectivity index (χ3n) is 6.56. The Kier molecular flexibility index (Phi) is 9.75. The first-order valence-electron chi connectivity index (χ1n) is 12.0. The van der Waals surface area contributed by atoms with Crippen LogP contribution >= 0.6 is 0 Å². The van der Waals surface area contributed by atoms with Crippen molar-refractivity contribution < 1.29 is 9.00 Å². The molecule has 0 spiro atoms. The second-order valence-corrected chi connectivity index (χ2v) is 12.5. The fourth-order valence-corrected chi connectivity index (χ4v) is 6.37. The number of likely N-dealkylation sites (N-methyl/N-ethyl adjacent to an activating group) is 1. The van der Waals surface area contributed by atoms with Gasteiger partial charge in [0.05, 0.1) is 6.54 Å². The summed E-state index contributed by atoms with van der Waals surface area (Å²) in [4.78, 5) is 16.9. The standard InChI is InChI=1S/C24H38N2O2S.C2H6/c1-24(2,3)29(28)17-20(13-18-9-7-6-8-10-18)19-14-21-11-12-22(15-19)26(21)23(27)16-25(4)5;1-2/h6-10,19-22H,11-17H2,1-5H3;1-2H3/t19?,20-,21-,22+,29-;/m1./s1. The van der Waals surface area contributed by atoms with Crippen LogP contribution in [0.4, 0.5) is 0 Å². The zero-order chi connectivity index (χ0) is 23.2. The van der Waals surface area contributed by atoms with Crippen LogP contribution in [0.5, 0.6) is 0 Å². The summed E-state index contributed by atoms with van der Waals surface area (Å²) in [6, 6.07) is 11.4. The number of piperidine rings is 1. The number of fused-ring (bicyclic) bond motifs is 2. The van der Waals surface area contributed by atoms with Gasteiger partial charge < -0.3 is 9.80 Å². The third-order valence-corrected chi connectivity index (χ3v) is 8.66. The fraction of sp³-hybridized carbons (Fsp3) is 0.731. The first kappa shape index (κ1) is 26.1. The number of hydrogen-bond donors (Lipinski definition) is 0. The Morgan fingerprint density at radius 2 is 1.65 bits per heavy atom. The topological polar surface area (TPSA) is 40.6 Å². The van der Waals surface area contributed by atoms with Gasteiger partial charge in [-0.05, 0) is 84.4 Å².